The molecule has 0 fully saturated rings. The minimum Gasteiger partial charge on any atom is -0.398 e. The summed E-state index contributed by atoms with van der Waals surface area (Å²) in [6.45, 7) is 1.87. The van der Waals surface area contributed by atoms with E-state index in [4.69, 9.17) is 11.5 Å². The summed E-state index contributed by atoms with van der Waals surface area (Å²) in [5.74, 6) is -0.931. The zero-order chi connectivity index (χ0) is 14.0. The molecule has 5 N–H and O–H groups in total. The molecule has 2 amide bonds. The SMILES string of the molecule is Cc1ccc(N)c(C(=O)Nc2sccc2C(N)=O)c1. The maximum Gasteiger partial charge on any atom is 0.258 e. The molecule has 2 aromatic rings. The lowest BCUT2D eigenvalue weighted by Crippen LogP contribution is -2.17. The Balaban J connectivity index is 2.28. The Bertz CT molecular complexity index is 649. The minimum atomic E-state index is -0.575. The van der Waals surface area contributed by atoms with Gasteiger partial charge in [0.1, 0.15) is 5.00 Å². The summed E-state index contributed by atoms with van der Waals surface area (Å²) in [5.41, 5.74) is 13.0. The number of anilines is 2. The molecule has 0 saturated carbocycles. The van der Waals surface area contributed by atoms with Gasteiger partial charge in [-0.05, 0) is 30.5 Å². The number of hydrogen-bond acceptors (Lipinski definition) is 4. The molecular weight excluding hydrogens is 262 g/mol. The molecular formula is C13H13N3O2S. The molecule has 1 aromatic heterocycles. The first-order valence-electron chi connectivity index (χ1n) is 5.54. The predicted molar refractivity (Wildman–Crippen MR) is 76.4 cm³/mol. The van der Waals surface area contributed by atoms with Gasteiger partial charge in [-0.2, -0.15) is 0 Å². The number of nitrogens with two attached hydrogens (primary N) is 2. The van der Waals surface area contributed by atoms with Crippen LogP contribution in [-0.4, -0.2) is 11.8 Å². The summed E-state index contributed by atoms with van der Waals surface area (Å²) in [5, 5.41) is 4.77. The molecule has 0 spiro atoms. The summed E-state index contributed by atoms with van der Waals surface area (Å²) in [7, 11) is 0. The Morgan fingerprint density at radius 1 is 1.21 bits per heavy atom. The fourth-order valence-electron chi connectivity index (χ4n) is 1.64. The van der Waals surface area contributed by atoms with Gasteiger partial charge >= 0.3 is 0 Å². The van der Waals surface area contributed by atoms with Crippen molar-refractivity contribution in [2.45, 2.75) is 6.92 Å². The van der Waals surface area contributed by atoms with E-state index in [1.54, 1.807) is 23.6 Å². The molecule has 0 aliphatic carbocycles. The van der Waals surface area contributed by atoms with Crippen LogP contribution in [0.25, 0.3) is 0 Å². The first-order valence-corrected chi connectivity index (χ1v) is 6.42. The number of hydrogen-bond donors (Lipinski definition) is 3. The Hall–Kier alpha value is -2.34. The molecule has 0 saturated heterocycles. The largest absolute Gasteiger partial charge is 0.398 e. The van der Waals surface area contributed by atoms with Crippen LogP contribution in [0, 0.1) is 6.92 Å². The summed E-state index contributed by atoms with van der Waals surface area (Å²) in [6, 6.07) is 6.77. The standard InChI is InChI=1S/C13H13N3O2S/c1-7-2-3-10(14)9(6-7)12(18)16-13-8(11(15)17)4-5-19-13/h2-6H,14H2,1H3,(H2,15,17)(H,16,18). The Morgan fingerprint density at radius 3 is 2.63 bits per heavy atom. The molecule has 98 valence electrons. The third-order valence-corrected chi connectivity index (χ3v) is 3.44. The second kappa shape index (κ2) is 5.11. The van der Waals surface area contributed by atoms with Gasteiger partial charge < -0.3 is 16.8 Å². The average molecular weight is 275 g/mol. The zero-order valence-electron chi connectivity index (χ0n) is 10.3. The predicted octanol–water partition coefficient (Wildman–Crippen LogP) is 1.99. The molecule has 0 bridgehead atoms. The number of rotatable bonds is 3. The summed E-state index contributed by atoms with van der Waals surface area (Å²) in [4.78, 5) is 23.3. The number of aryl methyl sites for hydroxylation is 1. The molecule has 0 aliphatic heterocycles. The smallest absolute Gasteiger partial charge is 0.258 e. The number of thiophene rings is 1. The maximum atomic E-state index is 12.1. The van der Waals surface area contributed by atoms with Crippen molar-refractivity contribution >= 4 is 33.8 Å². The van der Waals surface area contributed by atoms with Crippen LogP contribution in [0.2, 0.25) is 0 Å². The van der Waals surface area contributed by atoms with Crippen LogP contribution in [0.1, 0.15) is 26.3 Å². The van der Waals surface area contributed by atoms with Gasteiger partial charge in [-0.1, -0.05) is 11.6 Å². The third kappa shape index (κ3) is 2.74. The van der Waals surface area contributed by atoms with Crippen molar-refractivity contribution in [2.24, 2.45) is 5.73 Å². The van der Waals surface area contributed by atoms with Gasteiger partial charge in [-0.25, -0.2) is 0 Å². The topological polar surface area (TPSA) is 98.2 Å². The van der Waals surface area contributed by atoms with Crippen LogP contribution in [-0.2, 0) is 0 Å². The van der Waals surface area contributed by atoms with Gasteiger partial charge in [-0.3, -0.25) is 9.59 Å². The number of primary amides is 1. The molecule has 6 heteroatoms. The van der Waals surface area contributed by atoms with Crippen LogP contribution < -0.4 is 16.8 Å². The summed E-state index contributed by atoms with van der Waals surface area (Å²) in [6.07, 6.45) is 0. The number of benzene rings is 1. The molecule has 1 heterocycles. The Kier molecular flexibility index (Phi) is 3.52. The molecule has 19 heavy (non-hydrogen) atoms. The van der Waals surface area contributed by atoms with Crippen LogP contribution in [0.4, 0.5) is 10.7 Å². The van der Waals surface area contributed by atoms with E-state index in [9.17, 15) is 9.59 Å². The lowest BCUT2D eigenvalue weighted by Gasteiger charge is -2.08. The lowest BCUT2D eigenvalue weighted by atomic mass is 10.1. The van der Waals surface area contributed by atoms with Gasteiger partial charge in [-0.15, -0.1) is 11.3 Å². The van der Waals surface area contributed by atoms with Gasteiger partial charge in [0.15, 0.2) is 0 Å². The van der Waals surface area contributed by atoms with Crippen molar-refractivity contribution < 1.29 is 9.59 Å². The number of amides is 2. The van der Waals surface area contributed by atoms with E-state index in [1.165, 1.54) is 11.3 Å². The first kappa shape index (κ1) is 13.1. The second-order valence-corrected chi connectivity index (χ2v) is 4.99. The van der Waals surface area contributed by atoms with E-state index in [1.807, 2.05) is 13.0 Å². The third-order valence-electron chi connectivity index (χ3n) is 2.61. The normalized spacial score (nSPS) is 10.2. The zero-order valence-corrected chi connectivity index (χ0v) is 11.1. The highest BCUT2D eigenvalue weighted by molar-refractivity contribution is 7.14. The van der Waals surface area contributed by atoms with Crippen molar-refractivity contribution in [3.63, 3.8) is 0 Å². The second-order valence-electron chi connectivity index (χ2n) is 4.07. The van der Waals surface area contributed by atoms with Gasteiger partial charge in [0, 0.05) is 5.69 Å². The highest BCUT2D eigenvalue weighted by Crippen LogP contribution is 2.24. The molecule has 0 aliphatic rings. The maximum absolute atomic E-state index is 12.1. The van der Waals surface area contributed by atoms with E-state index in [-0.39, 0.29) is 5.91 Å². The average Bonchev–Trinajstić information content (AvgIpc) is 2.80. The minimum absolute atomic E-state index is 0.296. The van der Waals surface area contributed by atoms with E-state index in [0.29, 0.717) is 21.8 Å². The monoisotopic (exact) mass is 275 g/mol. The molecule has 2 rings (SSSR count). The van der Waals surface area contributed by atoms with Crippen LogP contribution in [0.5, 0.6) is 0 Å². The first-order chi connectivity index (χ1) is 8.99. The highest BCUT2D eigenvalue weighted by Gasteiger charge is 2.15. The fraction of sp³-hybridized carbons (Fsp3) is 0.0769. The van der Waals surface area contributed by atoms with E-state index in [0.717, 1.165) is 5.56 Å². The molecule has 0 unspecified atom stereocenters. The number of nitrogens with one attached hydrogen (secondary N) is 1. The van der Waals surface area contributed by atoms with E-state index < -0.39 is 5.91 Å². The molecule has 0 radical (unpaired) electrons. The summed E-state index contributed by atoms with van der Waals surface area (Å²) >= 11 is 1.24. The van der Waals surface area contributed by atoms with Crippen LogP contribution in [0.3, 0.4) is 0 Å². The van der Waals surface area contributed by atoms with E-state index in [2.05, 4.69) is 5.32 Å². The van der Waals surface area contributed by atoms with Gasteiger partial charge in [0.05, 0.1) is 11.1 Å². The Morgan fingerprint density at radius 2 is 1.95 bits per heavy atom. The molecule has 0 atom stereocenters. The van der Waals surface area contributed by atoms with Gasteiger partial charge in [0.25, 0.3) is 11.8 Å². The van der Waals surface area contributed by atoms with Crippen molar-refractivity contribution in [3.8, 4) is 0 Å². The van der Waals surface area contributed by atoms with E-state index >= 15 is 0 Å². The highest BCUT2D eigenvalue weighted by atomic mass is 32.1. The van der Waals surface area contributed by atoms with Crippen molar-refractivity contribution in [2.75, 3.05) is 11.1 Å². The quantitative estimate of drug-likeness (QED) is 0.747. The van der Waals surface area contributed by atoms with Crippen molar-refractivity contribution in [1.29, 1.82) is 0 Å². The lowest BCUT2D eigenvalue weighted by molar-refractivity contribution is 0.100. The van der Waals surface area contributed by atoms with Crippen LogP contribution >= 0.6 is 11.3 Å². The molecule has 5 nitrogen and oxygen atoms in total. The van der Waals surface area contributed by atoms with Gasteiger partial charge in [0.2, 0.25) is 0 Å². The molecule has 1 aromatic carbocycles. The van der Waals surface area contributed by atoms with Crippen molar-refractivity contribution in [3.05, 3.63) is 46.3 Å². The number of carbonyl (C=O) groups excluding carboxylic acids is 2. The summed E-state index contributed by atoms with van der Waals surface area (Å²) < 4.78 is 0. The Labute approximate surface area is 114 Å². The number of nitrogen functional groups attached to an aromatic ring is 1. The van der Waals surface area contributed by atoms with Crippen molar-refractivity contribution in [1.82, 2.24) is 0 Å². The number of carbonyl (C=O) groups is 2. The van der Waals surface area contributed by atoms with Crippen LogP contribution in [0.15, 0.2) is 29.6 Å². The fourth-order valence-corrected chi connectivity index (χ4v) is 2.42.